The molecule has 0 saturated heterocycles. The lowest BCUT2D eigenvalue weighted by molar-refractivity contribution is 0.426. The molecule has 0 atom stereocenters. The molecular formula is C22H17BN2O2. The van der Waals surface area contributed by atoms with E-state index in [4.69, 9.17) is 9.97 Å². The second-order valence-electron chi connectivity index (χ2n) is 6.16. The Hall–Kier alpha value is -3.28. The number of rotatable bonds is 4. The van der Waals surface area contributed by atoms with Crippen molar-refractivity contribution in [1.82, 2.24) is 9.97 Å². The van der Waals surface area contributed by atoms with Gasteiger partial charge in [-0.2, -0.15) is 0 Å². The first-order chi connectivity index (χ1) is 13.2. The maximum Gasteiger partial charge on any atom is 0.489 e. The highest BCUT2D eigenvalue weighted by molar-refractivity contribution is 6.60. The van der Waals surface area contributed by atoms with Gasteiger partial charge in [0, 0.05) is 16.7 Å². The summed E-state index contributed by atoms with van der Waals surface area (Å²) < 4.78 is 0. The summed E-state index contributed by atoms with van der Waals surface area (Å²) in [6.07, 6.45) is 0. The summed E-state index contributed by atoms with van der Waals surface area (Å²) in [5, 5.41) is 19.5. The molecule has 0 fully saturated rings. The van der Waals surface area contributed by atoms with Crippen LogP contribution < -0.4 is 5.46 Å². The van der Waals surface area contributed by atoms with Gasteiger partial charge < -0.3 is 10.0 Å². The second kappa shape index (κ2) is 7.54. The molecule has 0 amide bonds. The van der Waals surface area contributed by atoms with Crippen LogP contribution in [0.1, 0.15) is 0 Å². The molecule has 1 aromatic heterocycles. The predicted octanol–water partition coefficient (Wildman–Crippen LogP) is 3.16. The van der Waals surface area contributed by atoms with Gasteiger partial charge in [-0.05, 0) is 11.5 Å². The quantitative estimate of drug-likeness (QED) is 0.554. The van der Waals surface area contributed by atoms with Crippen molar-refractivity contribution < 1.29 is 10.0 Å². The normalized spacial score (nSPS) is 10.6. The van der Waals surface area contributed by atoms with Crippen LogP contribution in [0, 0.1) is 0 Å². The SMILES string of the molecule is OB(O)c1ccccc1-c1nc(-c2ccccc2)cc(-c2ccccc2)n1. The molecule has 4 rings (SSSR count). The Balaban J connectivity index is 1.95. The van der Waals surface area contributed by atoms with Crippen molar-refractivity contribution in [2.75, 3.05) is 0 Å². The first-order valence-electron chi connectivity index (χ1n) is 8.68. The van der Waals surface area contributed by atoms with Gasteiger partial charge in [-0.25, -0.2) is 9.97 Å². The van der Waals surface area contributed by atoms with Crippen molar-refractivity contribution in [1.29, 1.82) is 0 Å². The van der Waals surface area contributed by atoms with Crippen molar-refractivity contribution in [3.05, 3.63) is 91.0 Å². The molecule has 4 nitrogen and oxygen atoms in total. The zero-order chi connectivity index (χ0) is 18.6. The van der Waals surface area contributed by atoms with Crippen molar-refractivity contribution in [3.63, 3.8) is 0 Å². The number of nitrogens with zero attached hydrogens (tertiary/aromatic N) is 2. The highest BCUT2D eigenvalue weighted by atomic mass is 16.4. The monoisotopic (exact) mass is 352 g/mol. The summed E-state index contributed by atoms with van der Waals surface area (Å²) in [4.78, 5) is 9.42. The lowest BCUT2D eigenvalue weighted by Gasteiger charge is -2.12. The smallest absolute Gasteiger partial charge is 0.423 e. The van der Waals surface area contributed by atoms with Gasteiger partial charge in [-0.3, -0.25) is 0 Å². The Labute approximate surface area is 158 Å². The molecule has 0 radical (unpaired) electrons. The first-order valence-corrected chi connectivity index (χ1v) is 8.68. The van der Waals surface area contributed by atoms with Crippen molar-refractivity contribution in [2.24, 2.45) is 0 Å². The summed E-state index contributed by atoms with van der Waals surface area (Å²) in [6, 6.07) is 28.8. The largest absolute Gasteiger partial charge is 0.489 e. The van der Waals surface area contributed by atoms with E-state index in [0.29, 0.717) is 16.9 Å². The van der Waals surface area contributed by atoms with E-state index in [1.807, 2.05) is 72.8 Å². The molecule has 1 heterocycles. The van der Waals surface area contributed by atoms with E-state index in [-0.39, 0.29) is 0 Å². The number of aromatic nitrogens is 2. The number of benzene rings is 3. The van der Waals surface area contributed by atoms with Crippen LogP contribution in [-0.2, 0) is 0 Å². The molecule has 2 N–H and O–H groups in total. The standard InChI is InChI=1S/C22H17BN2O2/c26-23(27)19-14-8-7-13-18(19)22-24-20(16-9-3-1-4-10-16)15-21(25-22)17-11-5-2-6-12-17/h1-15,26-27H. The Morgan fingerprint density at radius 2 is 1.07 bits per heavy atom. The topological polar surface area (TPSA) is 66.2 Å². The van der Waals surface area contributed by atoms with Crippen LogP contribution in [0.15, 0.2) is 91.0 Å². The minimum Gasteiger partial charge on any atom is -0.423 e. The molecular weight excluding hydrogens is 335 g/mol. The van der Waals surface area contributed by atoms with Gasteiger partial charge in [0.15, 0.2) is 5.82 Å². The third kappa shape index (κ3) is 3.65. The summed E-state index contributed by atoms with van der Waals surface area (Å²) in [7, 11) is -1.59. The molecule has 130 valence electrons. The van der Waals surface area contributed by atoms with Crippen molar-refractivity contribution in [3.8, 4) is 33.9 Å². The van der Waals surface area contributed by atoms with Crippen LogP contribution in [0.3, 0.4) is 0 Å². The van der Waals surface area contributed by atoms with Gasteiger partial charge in [0.05, 0.1) is 11.4 Å². The average molecular weight is 352 g/mol. The number of hydrogen-bond donors (Lipinski definition) is 2. The third-order valence-corrected chi connectivity index (χ3v) is 4.35. The summed E-state index contributed by atoms with van der Waals surface area (Å²) in [6.45, 7) is 0. The molecule has 5 heteroatoms. The molecule has 0 aliphatic rings. The van der Waals surface area contributed by atoms with Crippen LogP contribution in [0.2, 0.25) is 0 Å². The van der Waals surface area contributed by atoms with Crippen molar-refractivity contribution in [2.45, 2.75) is 0 Å². The molecule has 0 unspecified atom stereocenters. The molecule has 0 bridgehead atoms. The fourth-order valence-corrected chi connectivity index (χ4v) is 3.01. The van der Waals surface area contributed by atoms with Gasteiger partial charge in [-0.1, -0.05) is 84.9 Å². The molecule has 0 aliphatic heterocycles. The molecule has 0 aliphatic carbocycles. The summed E-state index contributed by atoms with van der Waals surface area (Å²) in [5.74, 6) is 0.457. The highest BCUT2D eigenvalue weighted by Crippen LogP contribution is 2.26. The minimum absolute atomic E-state index is 0.377. The van der Waals surface area contributed by atoms with E-state index in [1.54, 1.807) is 18.2 Å². The Bertz CT molecular complexity index is 996. The van der Waals surface area contributed by atoms with Gasteiger partial charge in [0.25, 0.3) is 0 Å². The Kier molecular flexibility index (Phi) is 4.79. The first kappa shape index (κ1) is 17.2. The lowest BCUT2D eigenvalue weighted by Crippen LogP contribution is -2.31. The minimum atomic E-state index is -1.59. The van der Waals surface area contributed by atoms with Crippen LogP contribution in [0.25, 0.3) is 33.9 Å². The van der Waals surface area contributed by atoms with Crippen LogP contribution in [0.5, 0.6) is 0 Å². The van der Waals surface area contributed by atoms with Crippen LogP contribution >= 0.6 is 0 Å². The highest BCUT2D eigenvalue weighted by Gasteiger charge is 2.19. The lowest BCUT2D eigenvalue weighted by atomic mass is 9.77. The molecule has 3 aromatic carbocycles. The second-order valence-corrected chi connectivity index (χ2v) is 6.16. The average Bonchev–Trinajstić information content (AvgIpc) is 2.74. The zero-order valence-corrected chi connectivity index (χ0v) is 14.5. The molecule has 4 aromatic rings. The molecule has 0 spiro atoms. The summed E-state index contributed by atoms with van der Waals surface area (Å²) in [5.41, 5.74) is 4.48. The fourth-order valence-electron chi connectivity index (χ4n) is 3.01. The maximum atomic E-state index is 9.74. The van der Waals surface area contributed by atoms with E-state index in [1.165, 1.54) is 0 Å². The van der Waals surface area contributed by atoms with Crippen LogP contribution in [-0.4, -0.2) is 27.1 Å². The third-order valence-electron chi connectivity index (χ3n) is 4.35. The fraction of sp³-hybridized carbons (Fsp3) is 0. The summed E-state index contributed by atoms with van der Waals surface area (Å²) >= 11 is 0. The van der Waals surface area contributed by atoms with Gasteiger partial charge >= 0.3 is 7.12 Å². The molecule has 27 heavy (non-hydrogen) atoms. The zero-order valence-electron chi connectivity index (χ0n) is 14.5. The number of hydrogen-bond acceptors (Lipinski definition) is 4. The van der Waals surface area contributed by atoms with Gasteiger partial charge in [-0.15, -0.1) is 0 Å². The predicted molar refractivity (Wildman–Crippen MR) is 108 cm³/mol. The van der Waals surface area contributed by atoms with E-state index in [2.05, 4.69) is 0 Å². The maximum absolute atomic E-state index is 9.74. The molecule has 0 saturated carbocycles. The Morgan fingerprint density at radius 1 is 0.593 bits per heavy atom. The van der Waals surface area contributed by atoms with E-state index in [9.17, 15) is 10.0 Å². The van der Waals surface area contributed by atoms with E-state index < -0.39 is 7.12 Å². The Morgan fingerprint density at radius 3 is 1.59 bits per heavy atom. The van der Waals surface area contributed by atoms with E-state index in [0.717, 1.165) is 22.5 Å². The van der Waals surface area contributed by atoms with Crippen LogP contribution in [0.4, 0.5) is 0 Å². The van der Waals surface area contributed by atoms with E-state index >= 15 is 0 Å². The van der Waals surface area contributed by atoms with Gasteiger partial charge in [0.1, 0.15) is 0 Å². The van der Waals surface area contributed by atoms with Gasteiger partial charge in [0.2, 0.25) is 0 Å². The van der Waals surface area contributed by atoms with Crippen molar-refractivity contribution >= 4 is 12.6 Å².